The van der Waals surface area contributed by atoms with E-state index in [-0.39, 0.29) is 0 Å². The van der Waals surface area contributed by atoms with Crippen molar-refractivity contribution in [1.29, 1.82) is 5.26 Å². The van der Waals surface area contributed by atoms with Crippen molar-refractivity contribution in [2.45, 2.75) is 19.3 Å². The van der Waals surface area contributed by atoms with Crippen LogP contribution in [0.3, 0.4) is 0 Å². The molecule has 0 saturated heterocycles. The van der Waals surface area contributed by atoms with Gasteiger partial charge < -0.3 is 5.32 Å². The summed E-state index contributed by atoms with van der Waals surface area (Å²) in [6.45, 7) is 1.05. The average molecular weight is 236 g/mol. The van der Waals surface area contributed by atoms with Crippen LogP contribution in [-0.2, 0) is 0 Å². The Bertz CT molecular complexity index is 606. The molecule has 1 aliphatic carbocycles. The fourth-order valence-corrected chi connectivity index (χ4v) is 2.50. The number of hydrogen-bond acceptors (Lipinski definition) is 2. The van der Waals surface area contributed by atoms with E-state index in [9.17, 15) is 0 Å². The maximum atomic E-state index is 9.12. The molecule has 2 aromatic carbocycles. The zero-order valence-corrected chi connectivity index (χ0v) is 10.3. The number of anilines is 1. The highest BCUT2D eigenvalue weighted by molar-refractivity contribution is 5.97. The Kier molecular flexibility index (Phi) is 2.90. The highest BCUT2D eigenvalue weighted by Gasteiger charge is 2.17. The Hall–Kier alpha value is -2.01. The lowest BCUT2D eigenvalue weighted by atomic mass is 9.85. The molecule has 90 valence electrons. The quantitative estimate of drug-likeness (QED) is 0.876. The van der Waals surface area contributed by atoms with E-state index >= 15 is 0 Å². The van der Waals surface area contributed by atoms with E-state index in [2.05, 4.69) is 17.5 Å². The second-order valence-electron chi connectivity index (χ2n) is 5.00. The fraction of sp³-hybridized carbons (Fsp3) is 0.312. The Morgan fingerprint density at radius 3 is 2.56 bits per heavy atom. The zero-order valence-electron chi connectivity index (χ0n) is 10.3. The van der Waals surface area contributed by atoms with E-state index in [0.717, 1.165) is 34.5 Å². The van der Waals surface area contributed by atoms with E-state index in [4.69, 9.17) is 5.26 Å². The van der Waals surface area contributed by atoms with Crippen LogP contribution >= 0.6 is 0 Å². The van der Waals surface area contributed by atoms with Crippen molar-refractivity contribution < 1.29 is 0 Å². The number of benzene rings is 2. The summed E-state index contributed by atoms with van der Waals surface area (Å²) < 4.78 is 0. The van der Waals surface area contributed by atoms with Crippen LogP contribution in [-0.4, -0.2) is 6.54 Å². The third-order valence-electron chi connectivity index (χ3n) is 3.85. The van der Waals surface area contributed by atoms with Gasteiger partial charge in [0.25, 0.3) is 0 Å². The van der Waals surface area contributed by atoms with Crippen molar-refractivity contribution in [3.63, 3.8) is 0 Å². The molecule has 2 heteroatoms. The molecule has 0 unspecified atom stereocenters. The monoisotopic (exact) mass is 236 g/mol. The van der Waals surface area contributed by atoms with Crippen LogP contribution in [0.1, 0.15) is 24.8 Å². The molecule has 0 aliphatic heterocycles. The minimum Gasteiger partial charge on any atom is -0.384 e. The first-order valence-electron chi connectivity index (χ1n) is 6.54. The molecule has 2 aromatic rings. The van der Waals surface area contributed by atoms with E-state index in [1.807, 2.05) is 30.3 Å². The van der Waals surface area contributed by atoms with Crippen LogP contribution in [0, 0.1) is 17.2 Å². The summed E-state index contributed by atoms with van der Waals surface area (Å²) in [5, 5.41) is 14.8. The van der Waals surface area contributed by atoms with Gasteiger partial charge in [-0.05, 0) is 30.9 Å². The normalized spacial score (nSPS) is 15.1. The van der Waals surface area contributed by atoms with Crippen LogP contribution in [0.25, 0.3) is 10.8 Å². The molecule has 1 aliphatic rings. The van der Waals surface area contributed by atoms with Crippen molar-refractivity contribution in [1.82, 2.24) is 0 Å². The van der Waals surface area contributed by atoms with E-state index in [1.165, 1.54) is 19.3 Å². The van der Waals surface area contributed by atoms with E-state index in [0.29, 0.717) is 0 Å². The molecule has 0 heterocycles. The minimum atomic E-state index is 0.750. The summed E-state index contributed by atoms with van der Waals surface area (Å²) in [5.74, 6) is 0.833. The zero-order chi connectivity index (χ0) is 12.4. The maximum absolute atomic E-state index is 9.12. The molecule has 0 atom stereocenters. The van der Waals surface area contributed by atoms with Gasteiger partial charge in [0.05, 0.1) is 11.6 Å². The lowest BCUT2D eigenvalue weighted by Crippen LogP contribution is -2.20. The number of hydrogen-bond donors (Lipinski definition) is 1. The van der Waals surface area contributed by atoms with E-state index in [1.54, 1.807) is 0 Å². The van der Waals surface area contributed by atoms with Crippen LogP contribution in [0.2, 0.25) is 0 Å². The highest BCUT2D eigenvalue weighted by Crippen LogP contribution is 2.29. The Labute approximate surface area is 107 Å². The van der Waals surface area contributed by atoms with Gasteiger partial charge >= 0.3 is 0 Å². The van der Waals surface area contributed by atoms with Crippen LogP contribution in [0.15, 0.2) is 36.4 Å². The molecular formula is C16H16N2. The molecule has 0 amide bonds. The average Bonchev–Trinajstić information content (AvgIpc) is 2.37. The summed E-state index contributed by atoms with van der Waals surface area (Å²) in [7, 11) is 0. The third-order valence-corrected chi connectivity index (χ3v) is 3.85. The standard InChI is InChI=1S/C16H16N2/c17-10-13-8-9-16(18-11-12-4-3-5-12)15-7-2-1-6-14(13)15/h1-2,6-9,12,18H,3-5,11H2. The van der Waals surface area contributed by atoms with Crippen molar-refractivity contribution in [2.75, 3.05) is 11.9 Å². The van der Waals surface area contributed by atoms with Gasteiger partial charge in [0, 0.05) is 23.0 Å². The predicted octanol–water partition coefficient (Wildman–Crippen LogP) is 3.92. The highest BCUT2D eigenvalue weighted by atomic mass is 14.9. The van der Waals surface area contributed by atoms with Gasteiger partial charge in [-0.1, -0.05) is 30.7 Å². The lowest BCUT2D eigenvalue weighted by molar-refractivity contribution is 0.333. The number of nitriles is 1. The molecule has 1 fully saturated rings. The van der Waals surface area contributed by atoms with Crippen molar-refractivity contribution in [3.8, 4) is 6.07 Å². The minimum absolute atomic E-state index is 0.750. The van der Waals surface area contributed by atoms with Crippen molar-refractivity contribution in [3.05, 3.63) is 42.0 Å². The summed E-state index contributed by atoms with van der Waals surface area (Å²) >= 11 is 0. The first-order chi connectivity index (χ1) is 8.88. The van der Waals surface area contributed by atoms with E-state index < -0.39 is 0 Å². The SMILES string of the molecule is N#Cc1ccc(NCC2CCC2)c2ccccc12. The second kappa shape index (κ2) is 4.70. The first kappa shape index (κ1) is 11.1. The fourth-order valence-electron chi connectivity index (χ4n) is 2.50. The second-order valence-corrected chi connectivity index (χ2v) is 5.00. The van der Waals surface area contributed by atoms with Crippen molar-refractivity contribution in [2.24, 2.45) is 5.92 Å². The summed E-state index contributed by atoms with van der Waals surface area (Å²) in [4.78, 5) is 0. The topological polar surface area (TPSA) is 35.8 Å². The van der Waals surface area contributed by atoms with Crippen LogP contribution in [0.4, 0.5) is 5.69 Å². The summed E-state index contributed by atoms with van der Waals surface area (Å²) in [5.41, 5.74) is 1.90. The van der Waals surface area contributed by atoms with Gasteiger partial charge in [0.15, 0.2) is 0 Å². The predicted molar refractivity (Wildman–Crippen MR) is 74.5 cm³/mol. The van der Waals surface area contributed by atoms with Gasteiger partial charge in [-0.3, -0.25) is 0 Å². The number of fused-ring (bicyclic) bond motifs is 1. The molecule has 1 saturated carbocycles. The molecule has 0 aromatic heterocycles. The van der Waals surface area contributed by atoms with Gasteiger partial charge in [-0.2, -0.15) is 5.26 Å². The molecule has 1 N–H and O–H groups in total. The molecule has 2 nitrogen and oxygen atoms in total. The Morgan fingerprint density at radius 2 is 1.89 bits per heavy atom. The largest absolute Gasteiger partial charge is 0.384 e. The van der Waals surface area contributed by atoms with Crippen LogP contribution in [0.5, 0.6) is 0 Å². The van der Waals surface area contributed by atoms with Gasteiger partial charge in [0.2, 0.25) is 0 Å². The van der Waals surface area contributed by atoms with Gasteiger partial charge in [0.1, 0.15) is 0 Å². The molecule has 0 bridgehead atoms. The third kappa shape index (κ3) is 1.93. The molecule has 0 radical (unpaired) electrons. The number of rotatable bonds is 3. The number of nitrogens with one attached hydrogen (secondary N) is 1. The van der Waals surface area contributed by atoms with Gasteiger partial charge in [-0.15, -0.1) is 0 Å². The molecule has 3 rings (SSSR count). The molecular weight excluding hydrogens is 220 g/mol. The maximum Gasteiger partial charge on any atom is 0.0998 e. The summed E-state index contributed by atoms with van der Waals surface area (Å²) in [6, 6.07) is 14.3. The Morgan fingerprint density at radius 1 is 1.11 bits per heavy atom. The lowest BCUT2D eigenvalue weighted by Gasteiger charge is -2.26. The number of nitrogens with zero attached hydrogens (tertiary/aromatic N) is 1. The Balaban J connectivity index is 1.94. The summed E-state index contributed by atoms with van der Waals surface area (Å²) in [6.07, 6.45) is 4.07. The first-order valence-corrected chi connectivity index (χ1v) is 6.54. The molecule has 18 heavy (non-hydrogen) atoms. The van der Waals surface area contributed by atoms with Crippen molar-refractivity contribution >= 4 is 16.5 Å². The van der Waals surface area contributed by atoms with Crippen LogP contribution < -0.4 is 5.32 Å². The smallest absolute Gasteiger partial charge is 0.0998 e. The molecule has 0 spiro atoms. The van der Waals surface area contributed by atoms with Gasteiger partial charge in [-0.25, -0.2) is 0 Å².